The lowest BCUT2D eigenvalue weighted by molar-refractivity contribution is 0.126. The van der Waals surface area contributed by atoms with Gasteiger partial charge in [0.1, 0.15) is 11.1 Å². The van der Waals surface area contributed by atoms with Crippen LogP contribution in [0, 0.1) is 10.7 Å². The molecule has 0 bridgehead atoms. The summed E-state index contributed by atoms with van der Waals surface area (Å²) in [6.07, 6.45) is 4.83. The minimum atomic E-state index is -0.386. The lowest BCUT2D eigenvalue weighted by Gasteiger charge is -2.26. The molecule has 5 N–H and O–H groups in total. The number of phenolic OH excluding ortho intramolecular Hbond substituents is 1. The maximum Gasteiger partial charge on any atom is 0.217 e. The molecule has 1 aliphatic carbocycles. The van der Waals surface area contributed by atoms with E-state index in [0.717, 1.165) is 35.0 Å². The second-order valence-corrected chi connectivity index (χ2v) is 8.90. The van der Waals surface area contributed by atoms with E-state index >= 15 is 0 Å². The van der Waals surface area contributed by atoms with Crippen LogP contribution in [-0.4, -0.2) is 54.3 Å². The molecule has 178 valence electrons. The van der Waals surface area contributed by atoms with E-state index in [0.29, 0.717) is 35.3 Å². The molecule has 0 saturated heterocycles. The summed E-state index contributed by atoms with van der Waals surface area (Å²) >= 11 is 0. The normalized spacial score (nSPS) is 14.8. The molecule has 2 aromatic carbocycles. The number of aromatic amines is 1. The number of nitrogen functional groups attached to an aromatic ring is 1. The van der Waals surface area contributed by atoms with Gasteiger partial charge in [0.2, 0.25) is 10.9 Å². The van der Waals surface area contributed by atoms with Crippen LogP contribution in [0.1, 0.15) is 12.0 Å². The summed E-state index contributed by atoms with van der Waals surface area (Å²) in [5, 5.41) is 24.6. The van der Waals surface area contributed by atoms with Gasteiger partial charge in [-0.25, -0.2) is 5.21 Å². The summed E-state index contributed by atoms with van der Waals surface area (Å²) in [6.45, 7) is 2.50. The van der Waals surface area contributed by atoms with Crippen molar-refractivity contribution < 1.29 is 10.3 Å². The van der Waals surface area contributed by atoms with Crippen molar-refractivity contribution in [3.8, 4) is 5.75 Å². The zero-order valence-electron chi connectivity index (χ0n) is 18.8. The van der Waals surface area contributed by atoms with E-state index in [2.05, 4.69) is 16.2 Å². The highest BCUT2D eigenvalue weighted by atomic mass is 16.5. The van der Waals surface area contributed by atoms with Gasteiger partial charge in [-0.15, -0.1) is 4.85 Å². The topological polar surface area (TPSA) is 134 Å². The molecule has 0 unspecified atom stereocenters. The van der Waals surface area contributed by atoms with Crippen LogP contribution < -0.4 is 16.7 Å². The van der Waals surface area contributed by atoms with E-state index in [1.807, 2.05) is 6.20 Å². The molecule has 0 spiro atoms. The number of nitrogens with one attached hydrogen (secondary N) is 1. The largest absolute Gasteiger partial charge is 0.508 e. The summed E-state index contributed by atoms with van der Waals surface area (Å²) in [4.78, 5) is 28.8. The Balaban J connectivity index is 1.27. The molecule has 0 saturated carbocycles. The van der Waals surface area contributed by atoms with E-state index in [4.69, 9.17) is 5.84 Å². The lowest BCUT2D eigenvalue weighted by Crippen LogP contribution is -2.32. The predicted octanol–water partition coefficient (Wildman–Crippen LogP) is 1.62. The fourth-order valence-corrected chi connectivity index (χ4v) is 5.07. The number of aromatic hydroxyl groups is 1. The number of nitrogens with two attached hydrogens (primary N) is 1. The Labute approximate surface area is 197 Å². The van der Waals surface area contributed by atoms with Crippen molar-refractivity contribution in [2.24, 2.45) is 0 Å². The van der Waals surface area contributed by atoms with Crippen LogP contribution in [0.25, 0.3) is 27.2 Å². The first-order valence-corrected chi connectivity index (χ1v) is 11.4. The van der Waals surface area contributed by atoms with Gasteiger partial charge in [0.15, 0.2) is 5.35 Å². The number of aromatic nitrogens is 4. The van der Waals surface area contributed by atoms with E-state index < -0.39 is 0 Å². The van der Waals surface area contributed by atoms with Crippen LogP contribution in [0.15, 0.2) is 64.3 Å². The molecule has 3 heterocycles. The van der Waals surface area contributed by atoms with Gasteiger partial charge < -0.3 is 16.2 Å². The van der Waals surface area contributed by atoms with Crippen molar-refractivity contribution in [1.82, 2.24) is 24.3 Å². The molecule has 2 aliphatic heterocycles. The molecule has 10 heteroatoms. The van der Waals surface area contributed by atoms with E-state index in [9.17, 15) is 19.9 Å². The first-order valence-electron chi connectivity index (χ1n) is 11.4. The van der Waals surface area contributed by atoms with Crippen LogP contribution in [-0.2, 0) is 6.54 Å². The van der Waals surface area contributed by atoms with Gasteiger partial charge in [-0.05, 0) is 30.2 Å². The third-order valence-electron chi connectivity index (χ3n) is 6.86. The second-order valence-electron chi connectivity index (χ2n) is 8.90. The maximum atomic E-state index is 13.1. The number of benzene rings is 2. The predicted molar refractivity (Wildman–Crippen MR) is 132 cm³/mol. The molecule has 0 amide bonds. The molecule has 3 aliphatic rings. The molecular formula is C25H24N6O4. The molecular weight excluding hydrogens is 448 g/mol. The summed E-state index contributed by atoms with van der Waals surface area (Å²) in [6, 6.07) is 11.8. The minimum absolute atomic E-state index is 0.0454. The fraction of sp³-hybridized carbons (Fsp3) is 0.200. The van der Waals surface area contributed by atoms with Crippen LogP contribution in [0.2, 0.25) is 0 Å². The third kappa shape index (κ3) is 3.29. The third-order valence-corrected chi connectivity index (χ3v) is 6.86. The van der Waals surface area contributed by atoms with Crippen molar-refractivity contribution >= 4 is 27.2 Å². The quantitative estimate of drug-likeness (QED) is 0.232. The van der Waals surface area contributed by atoms with Gasteiger partial charge in [-0.2, -0.15) is 0 Å². The first-order chi connectivity index (χ1) is 16.9. The molecule has 1 aromatic heterocycles. The maximum absolute atomic E-state index is 13.1. The van der Waals surface area contributed by atoms with Gasteiger partial charge in [0.05, 0.1) is 12.1 Å². The monoisotopic (exact) mass is 472 g/mol. The Morgan fingerprint density at radius 3 is 2.43 bits per heavy atom. The number of H-pyrrole nitrogens is 1. The standard InChI is InChI=1S/C25H24N6O4/c26-29-14-20(19-13-16(32)5-6-21(19)29)15-7-9-28(10-8-15)11-12-30-22-23(31(35)27-30)25(34)18-4-2-1-3-17(18)24(22)33/h1-7,13-14,27,32,35H,8-12,26H2. The number of phenols is 1. The van der Waals surface area contributed by atoms with Crippen molar-refractivity contribution in [3.63, 3.8) is 0 Å². The molecule has 0 atom stereocenters. The van der Waals surface area contributed by atoms with Crippen molar-refractivity contribution in [2.75, 3.05) is 25.5 Å². The zero-order valence-corrected chi connectivity index (χ0v) is 18.8. The number of nitrogens with zero attached hydrogens (tertiary/aromatic N) is 4. The molecule has 3 aromatic rings. The summed E-state index contributed by atoms with van der Waals surface area (Å²) in [5.41, 5.74) is 2.35. The highest BCUT2D eigenvalue weighted by molar-refractivity contribution is 5.94. The lowest BCUT2D eigenvalue weighted by atomic mass is 9.99. The van der Waals surface area contributed by atoms with Crippen molar-refractivity contribution in [2.45, 2.75) is 13.0 Å². The Hall–Kier alpha value is -4.44. The second kappa shape index (κ2) is 7.81. The number of rotatable bonds is 4. The van der Waals surface area contributed by atoms with Crippen LogP contribution in [0.3, 0.4) is 0 Å². The summed E-state index contributed by atoms with van der Waals surface area (Å²) in [5.74, 6) is 6.30. The van der Waals surface area contributed by atoms with E-state index in [-0.39, 0.29) is 27.3 Å². The van der Waals surface area contributed by atoms with Gasteiger partial charge >= 0.3 is 0 Å². The molecule has 10 nitrogen and oxygen atoms in total. The van der Waals surface area contributed by atoms with Crippen LogP contribution >= 0.6 is 0 Å². The van der Waals surface area contributed by atoms with Gasteiger partial charge in [0, 0.05) is 47.6 Å². The Morgan fingerprint density at radius 1 is 0.971 bits per heavy atom. The van der Waals surface area contributed by atoms with E-state index in [1.165, 1.54) is 4.68 Å². The van der Waals surface area contributed by atoms with Crippen LogP contribution in [0.5, 0.6) is 5.75 Å². The number of fused-ring (bicyclic) bond motifs is 2. The van der Waals surface area contributed by atoms with Crippen molar-refractivity contribution in [1.29, 1.82) is 0 Å². The summed E-state index contributed by atoms with van der Waals surface area (Å²) in [7, 11) is 0. The highest BCUT2D eigenvalue weighted by Crippen LogP contribution is 2.32. The molecule has 0 fully saturated rings. The van der Waals surface area contributed by atoms with E-state index in [1.54, 1.807) is 47.1 Å². The summed E-state index contributed by atoms with van der Waals surface area (Å²) < 4.78 is 3.11. The molecule has 35 heavy (non-hydrogen) atoms. The average molecular weight is 473 g/mol. The highest BCUT2D eigenvalue weighted by Gasteiger charge is 2.19. The minimum Gasteiger partial charge on any atom is -0.508 e. The Bertz CT molecular complexity index is 1820. The zero-order chi connectivity index (χ0) is 24.3. The first kappa shape index (κ1) is 21.1. The Kier molecular flexibility index (Phi) is 4.71. The molecule has 6 rings (SSSR count). The Morgan fingerprint density at radius 2 is 1.71 bits per heavy atom. The fourth-order valence-electron chi connectivity index (χ4n) is 5.07. The number of hydrogen-bond acceptors (Lipinski definition) is 6. The SMILES string of the molecule is Nn1cc(C2=CCN(CCn3[nH]n(O)c4c(=O)c5ccccc5c(=O)c3=4)CC2)c2cc(O)ccc21. The molecule has 0 radical (unpaired) electrons. The van der Waals surface area contributed by atoms with Crippen LogP contribution in [0.4, 0.5) is 0 Å². The smallest absolute Gasteiger partial charge is 0.217 e. The van der Waals surface area contributed by atoms with Crippen molar-refractivity contribution in [3.05, 3.63) is 91.4 Å². The number of hydrogen-bond donors (Lipinski definition) is 4. The van der Waals surface area contributed by atoms with Gasteiger partial charge in [0.25, 0.3) is 0 Å². The average Bonchev–Trinajstić information content (AvgIpc) is 3.38. The van der Waals surface area contributed by atoms with Gasteiger partial charge in [-0.3, -0.25) is 23.8 Å². The van der Waals surface area contributed by atoms with Gasteiger partial charge in [-0.1, -0.05) is 30.3 Å².